The molecule has 11 nitrogen and oxygen atoms in total. The summed E-state index contributed by atoms with van der Waals surface area (Å²) in [4.78, 5) is 36.7. The van der Waals surface area contributed by atoms with E-state index >= 15 is 0 Å². The highest BCUT2D eigenvalue weighted by Gasteiger charge is 2.31. The smallest absolute Gasteiger partial charge is 0.495 e. The van der Waals surface area contributed by atoms with Gasteiger partial charge in [-0.15, -0.1) is 13.2 Å². The fourth-order valence-electron chi connectivity index (χ4n) is 3.56. The Kier molecular flexibility index (Phi) is 10.8. The van der Waals surface area contributed by atoms with Crippen molar-refractivity contribution in [3.63, 3.8) is 0 Å². The average Bonchev–Trinajstić information content (AvgIpc) is 2.94. The number of carbonyl (C=O) groups excluding carboxylic acids is 2. The van der Waals surface area contributed by atoms with Crippen LogP contribution in [0.25, 0.3) is 0 Å². The van der Waals surface area contributed by atoms with Gasteiger partial charge in [-0.2, -0.15) is 0 Å². The summed E-state index contributed by atoms with van der Waals surface area (Å²) in [5.41, 5.74) is 1.78. The third kappa shape index (κ3) is 9.80. The maximum atomic E-state index is 12.6. The van der Waals surface area contributed by atoms with E-state index in [-0.39, 0.29) is 43.6 Å². The van der Waals surface area contributed by atoms with E-state index < -0.39 is 24.2 Å². The molecule has 42 heavy (non-hydrogen) atoms. The molecule has 3 rings (SSSR count). The molecular formula is C28H29F3N4O7. The number of rotatable bonds is 12. The number of urea groups is 1. The van der Waals surface area contributed by atoms with Crippen LogP contribution in [0.4, 0.5) is 28.4 Å². The van der Waals surface area contributed by atoms with E-state index in [1.165, 1.54) is 20.2 Å². The van der Waals surface area contributed by atoms with Crippen molar-refractivity contribution in [3.05, 3.63) is 83.4 Å². The lowest BCUT2D eigenvalue weighted by molar-refractivity contribution is -0.274. The van der Waals surface area contributed by atoms with Gasteiger partial charge in [0, 0.05) is 43.9 Å². The molecule has 0 aliphatic carbocycles. The molecule has 224 valence electrons. The molecule has 0 bridgehead atoms. The highest BCUT2D eigenvalue weighted by molar-refractivity contribution is 5.94. The topological polar surface area (TPSA) is 138 Å². The lowest BCUT2D eigenvalue weighted by Crippen LogP contribution is -2.35. The number of halogens is 3. The Morgan fingerprint density at radius 3 is 2.33 bits per heavy atom. The maximum absolute atomic E-state index is 12.6. The van der Waals surface area contributed by atoms with Gasteiger partial charge in [0.15, 0.2) is 0 Å². The number of methoxy groups -OCH3 is 1. The van der Waals surface area contributed by atoms with E-state index in [1.807, 2.05) is 0 Å². The summed E-state index contributed by atoms with van der Waals surface area (Å²) in [6.07, 6.45) is -5.98. The van der Waals surface area contributed by atoms with Crippen LogP contribution >= 0.6 is 0 Å². The maximum Gasteiger partial charge on any atom is 0.573 e. The molecule has 0 fully saturated rings. The Hall–Kier alpha value is -5.14. The van der Waals surface area contributed by atoms with Crippen LogP contribution in [0.1, 0.15) is 21.5 Å². The predicted molar refractivity (Wildman–Crippen MR) is 146 cm³/mol. The molecule has 0 aliphatic heterocycles. The van der Waals surface area contributed by atoms with Gasteiger partial charge in [0.2, 0.25) is 0 Å². The summed E-state index contributed by atoms with van der Waals surface area (Å²) >= 11 is 0. The monoisotopic (exact) mass is 590 g/mol. The third-order valence-corrected chi connectivity index (χ3v) is 5.73. The molecule has 0 aliphatic rings. The van der Waals surface area contributed by atoms with Crippen molar-refractivity contribution in [2.45, 2.75) is 19.5 Å². The van der Waals surface area contributed by atoms with Gasteiger partial charge >= 0.3 is 18.5 Å². The normalized spacial score (nSPS) is 10.8. The van der Waals surface area contributed by atoms with Crippen LogP contribution in [0, 0.1) is 0 Å². The molecule has 3 aromatic carbocycles. The van der Waals surface area contributed by atoms with Gasteiger partial charge in [-0.05, 0) is 35.9 Å². The van der Waals surface area contributed by atoms with Crippen LogP contribution in [0.5, 0.6) is 17.2 Å². The summed E-state index contributed by atoms with van der Waals surface area (Å²) in [5.74, 6) is -0.235. The van der Waals surface area contributed by atoms with Gasteiger partial charge in [-0.3, -0.25) is 4.79 Å². The Morgan fingerprint density at radius 2 is 1.67 bits per heavy atom. The largest absolute Gasteiger partial charge is 0.573 e. The number of nitrogens with zero attached hydrogens (tertiary/aromatic N) is 1. The fourth-order valence-corrected chi connectivity index (χ4v) is 3.56. The van der Waals surface area contributed by atoms with Crippen molar-refractivity contribution in [2.75, 3.05) is 32.6 Å². The second-order valence-electron chi connectivity index (χ2n) is 8.77. The minimum Gasteiger partial charge on any atom is -0.495 e. The SMILES string of the molecule is COc1ccc(OC(F)(F)F)cc1NC(=O)NCc1ccccc1OCc1ccc(C(=O)NCCN(C)C(=O)O)cc1. The average molecular weight is 591 g/mol. The number of hydrogen-bond donors (Lipinski definition) is 4. The zero-order valence-electron chi connectivity index (χ0n) is 22.7. The number of benzene rings is 3. The van der Waals surface area contributed by atoms with Crippen molar-refractivity contribution in [2.24, 2.45) is 0 Å². The molecule has 4 amide bonds. The zero-order valence-corrected chi connectivity index (χ0v) is 22.7. The Balaban J connectivity index is 1.54. The molecule has 4 N–H and O–H groups in total. The van der Waals surface area contributed by atoms with Crippen molar-refractivity contribution in [1.82, 2.24) is 15.5 Å². The van der Waals surface area contributed by atoms with Gasteiger partial charge in [0.05, 0.1) is 12.8 Å². The van der Waals surface area contributed by atoms with Gasteiger partial charge in [-0.1, -0.05) is 30.3 Å². The first-order valence-electron chi connectivity index (χ1n) is 12.5. The van der Waals surface area contributed by atoms with E-state index in [1.54, 1.807) is 48.5 Å². The summed E-state index contributed by atoms with van der Waals surface area (Å²) in [7, 11) is 2.71. The van der Waals surface area contributed by atoms with Crippen LogP contribution < -0.4 is 30.2 Å². The van der Waals surface area contributed by atoms with E-state index in [2.05, 4.69) is 20.7 Å². The number of ether oxygens (including phenoxy) is 3. The van der Waals surface area contributed by atoms with Crippen LogP contribution in [0.15, 0.2) is 66.7 Å². The Morgan fingerprint density at radius 1 is 0.952 bits per heavy atom. The summed E-state index contributed by atoms with van der Waals surface area (Å²) < 4.78 is 52.6. The van der Waals surface area contributed by atoms with E-state index in [0.717, 1.165) is 22.6 Å². The van der Waals surface area contributed by atoms with Crippen LogP contribution in [-0.2, 0) is 13.2 Å². The Labute approximate surface area is 239 Å². The van der Waals surface area contributed by atoms with Gasteiger partial charge < -0.3 is 40.2 Å². The van der Waals surface area contributed by atoms with Crippen molar-refractivity contribution in [1.29, 1.82) is 0 Å². The number of carbonyl (C=O) groups is 3. The summed E-state index contributed by atoms with van der Waals surface area (Å²) in [6.45, 7) is 0.528. The minimum absolute atomic E-state index is 0.0222. The number of likely N-dealkylation sites (N-methyl/N-ethyl adjacent to an activating group) is 1. The molecule has 0 aromatic heterocycles. The second kappa shape index (κ2) is 14.5. The van der Waals surface area contributed by atoms with E-state index in [0.29, 0.717) is 16.9 Å². The molecule has 0 saturated carbocycles. The zero-order chi connectivity index (χ0) is 30.7. The van der Waals surface area contributed by atoms with E-state index in [9.17, 15) is 27.6 Å². The number of amides is 4. The number of para-hydroxylation sites is 1. The molecule has 3 aromatic rings. The summed E-state index contributed by atoms with van der Waals surface area (Å²) in [6, 6.07) is 16.2. The molecule has 0 saturated heterocycles. The first-order chi connectivity index (χ1) is 19.9. The molecule has 14 heteroatoms. The highest BCUT2D eigenvalue weighted by Crippen LogP contribution is 2.32. The van der Waals surface area contributed by atoms with Gasteiger partial charge in [-0.25, -0.2) is 9.59 Å². The molecular weight excluding hydrogens is 561 g/mol. The van der Waals surface area contributed by atoms with Crippen LogP contribution in [0.2, 0.25) is 0 Å². The number of hydrogen-bond acceptors (Lipinski definition) is 6. The van der Waals surface area contributed by atoms with Crippen molar-refractivity contribution >= 4 is 23.7 Å². The van der Waals surface area contributed by atoms with E-state index in [4.69, 9.17) is 14.6 Å². The fraction of sp³-hybridized carbons (Fsp3) is 0.250. The number of alkyl halides is 3. The van der Waals surface area contributed by atoms with Gasteiger partial charge in [0.1, 0.15) is 23.9 Å². The standard InChI is InChI=1S/C28H29F3N4O7/c1-35(27(38)39)14-13-32-25(36)19-9-7-18(8-10-19)17-41-23-6-4-3-5-20(23)16-33-26(37)34-22-15-21(42-28(29,30)31)11-12-24(22)40-2/h3-12,15H,13-14,16-17H2,1-2H3,(H,32,36)(H,38,39)(H2,33,34,37). The minimum atomic E-state index is -4.89. The molecule has 0 spiro atoms. The van der Waals surface area contributed by atoms with Crippen LogP contribution in [-0.4, -0.2) is 61.6 Å². The molecule has 0 unspecified atom stereocenters. The molecule has 0 heterocycles. The molecule has 0 atom stereocenters. The number of carboxylic acid groups (broad SMARTS) is 1. The highest BCUT2D eigenvalue weighted by atomic mass is 19.4. The van der Waals surface area contributed by atoms with Crippen molar-refractivity contribution in [3.8, 4) is 17.2 Å². The predicted octanol–water partition coefficient (Wildman–Crippen LogP) is 4.83. The van der Waals surface area contributed by atoms with Crippen LogP contribution in [0.3, 0.4) is 0 Å². The summed E-state index contributed by atoms with van der Waals surface area (Å²) in [5, 5.41) is 16.6. The molecule has 0 radical (unpaired) electrons. The lowest BCUT2D eigenvalue weighted by atomic mass is 10.1. The van der Waals surface area contributed by atoms with Gasteiger partial charge in [0.25, 0.3) is 5.91 Å². The lowest BCUT2D eigenvalue weighted by Gasteiger charge is -2.15. The first-order valence-corrected chi connectivity index (χ1v) is 12.5. The quantitative estimate of drug-likeness (QED) is 0.237. The number of anilines is 1. The number of nitrogens with one attached hydrogen (secondary N) is 3. The first kappa shape index (κ1) is 31.4. The van der Waals surface area contributed by atoms with Crippen molar-refractivity contribution < 1.29 is 46.9 Å². The third-order valence-electron chi connectivity index (χ3n) is 5.73. The Bertz CT molecular complexity index is 1380. The second-order valence-corrected chi connectivity index (χ2v) is 8.77.